The molecule has 0 atom stereocenters. The molecule has 0 radical (unpaired) electrons. The Balaban J connectivity index is 2.28. The van der Waals surface area contributed by atoms with Crippen molar-refractivity contribution in [3.8, 4) is 0 Å². The largest absolute Gasteiger partial charge is 0.322 e. The van der Waals surface area contributed by atoms with Crippen molar-refractivity contribution in [2.24, 2.45) is 0 Å². The third-order valence-electron chi connectivity index (χ3n) is 2.69. The second-order valence-corrected chi connectivity index (χ2v) is 4.85. The van der Waals surface area contributed by atoms with Crippen molar-refractivity contribution in [2.75, 3.05) is 5.32 Å². The van der Waals surface area contributed by atoms with E-state index >= 15 is 0 Å². The Morgan fingerprint density at radius 2 is 1.95 bits per heavy atom. The highest BCUT2D eigenvalue weighted by Crippen LogP contribution is 2.22. The molecule has 0 saturated carbocycles. The van der Waals surface area contributed by atoms with Gasteiger partial charge < -0.3 is 5.32 Å². The summed E-state index contributed by atoms with van der Waals surface area (Å²) in [7, 11) is 0. The van der Waals surface area contributed by atoms with Gasteiger partial charge in [0, 0.05) is 15.7 Å². The Labute approximate surface area is 117 Å². The van der Waals surface area contributed by atoms with Gasteiger partial charge in [0.25, 0.3) is 5.91 Å². The van der Waals surface area contributed by atoms with Gasteiger partial charge in [-0.3, -0.25) is 4.79 Å². The molecule has 19 heavy (non-hydrogen) atoms. The number of carbonyl (C=O) groups excluding carboxylic acids is 1. The van der Waals surface area contributed by atoms with Crippen LogP contribution in [0.3, 0.4) is 0 Å². The molecule has 98 valence electrons. The van der Waals surface area contributed by atoms with Crippen molar-refractivity contribution in [3.63, 3.8) is 0 Å². The molecule has 5 heteroatoms. The van der Waals surface area contributed by atoms with Crippen molar-refractivity contribution in [2.45, 2.75) is 6.92 Å². The molecule has 0 aliphatic carbocycles. The third-order valence-corrected chi connectivity index (χ3v) is 3.35. The number of rotatable bonds is 2. The first-order valence-electron chi connectivity index (χ1n) is 5.50. The molecular formula is C14H10BrF2NO. The zero-order valence-electron chi connectivity index (χ0n) is 10.0. The van der Waals surface area contributed by atoms with Gasteiger partial charge in [0.2, 0.25) is 0 Å². The minimum atomic E-state index is -0.439. The van der Waals surface area contributed by atoms with Gasteiger partial charge in [0.15, 0.2) is 0 Å². The van der Waals surface area contributed by atoms with Crippen LogP contribution in [0.25, 0.3) is 0 Å². The molecule has 1 N–H and O–H groups in total. The van der Waals surface area contributed by atoms with Crippen molar-refractivity contribution in [1.82, 2.24) is 0 Å². The fraction of sp³-hybridized carbons (Fsp3) is 0.0714. The molecule has 1 amide bonds. The fourth-order valence-corrected chi connectivity index (χ4v) is 2.14. The summed E-state index contributed by atoms with van der Waals surface area (Å²) in [6.45, 7) is 1.57. The van der Waals surface area contributed by atoms with Gasteiger partial charge in [-0.05, 0) is 53.2 Å². The van der Waals surface area contributed by atoms with Gasteiger partial charge in [-0.15, -0.1) is 0 Å². The lowest BCUT2D eigenvalue weighted by Gasteiger charge is -2.10. The van der Waals surface area contributed by atoms with Gasteiger partial charge in [-0.25, -0.2) is 8.78 Å². The minimum Gasteiger partial charge on any atom is -0.322 e. The summed E-state index contributed by atoms with van der Waals surface area (Å²) < 4.78 is 26.6. The van der Waals surface area contributed by atoms with Crippen LogP contribution >= 0.6 is 15.9 Å². The van der Waals surface area contributed by atoms with E-state index in [0.29, 0.717) is 15.7 Å². The quantitative estimate of drug-likeness (QED) is 0.876. The zero-order chi connectivity index (χ0) is 14.0. The van der Waals surface area contributed by atoms with Crippen LogP contribution in [-0.2, 0) is 0 Å². The number of hydrogen-bond donors (Lipinski definition) is 1. The van der Waals surface area contributed by atoms with E-state index in [-0.39, 0.29) is 5.56 Å². The fourth-order valence-electron chi connectivity index (χ4n) is 1.61. The van der Waals surface area contributed by atoms with Crippen molar-refractivity contribution < 1.29 is 13.6 Å². The van der Waals surface area contributed by atoms with E-state index in [2.05, 4.69) is 21.2 Å². The van der Waals surface area contributed by atoms with E-state index in [9.17, 15) is 13.6 Å². The zero-order valence-corrected chi connectivity index (χ0v) is 11.6. The highest BCUT2D eigenvalue weighted by molar-refractivity contribution is 9.10. The molecule has 0 aromatic heterocycles. The average Bonchev–Trinajstić information content (AvgIpc) is 2.34. The number of anilines is 1. The van der Waals surface area contributed by atoms with E-state index in [1.165, 1.54) is 30.3 Å². The van der Waals surface area contributed by atoms with Crippen molar-refractivity contribution in [1.29, 1.82) is 0 Å². The Morgan fingerprint density at radius 1 is 1.21 bits per heavy atom. The highest BCUT2D eigenvalue weighted by Gasteiger charge is 2.13. The van der Waals surface area contributed by atoms with Crippen LogP contribution in [-0.4, -0.2) is 5.91 Å². The Bertz CT molecular complexity index is 643. The second kappa shape index (κ2) is 5.48. The summed E-state index contributed by atoms with van der Waals surface area (Å²) in [5.41, 5.74) is 1.03. The summed E-state index contributed by atoms with van der Waals surface area (Å²) in [6.07, 6.45) is 0. The molecule has 0 aliphatic rings. The number of halogens is 3. The van der Waals surface area contributed by atoms with E-state index in [0.717, 1.165) is 0 Å². The predicted molar refractivity (Wildman–Crippen MR) is 73.2 cm³/mol. The molecule has 2 rings (SSSR count). The van der Waals surface area contributed by atoms with Crippen LogP contribution in [0.1, 0.15) is 15.9 Å². The molecule has 2 aromatic carbocycles. The first-order valence-corrected chi connectivity index (χ1v) is 6.30. The third kappa shape index (κ3) is 2.98. The van der Waals surface area contributed by atoms with Gasteiger partial charge in [0.05, 0.1) is 5.56 Å². The second-order valence-electron chi connectivity index (χ2n) is 3.99. The first kappa shape index (κ1) is 13.7. The van der Waals surface area contributed by atoms with Gasteiger partial charge in [-0.2, -0.15) is 0 Å². The Hall–Kier alpha value is -1.75. The molecule has 0 bridgehead atoms. The molecular weight excluding hydrogens is 316 g/mol. The topological polar surface area (TPSA) is 29.1 Å². The average molecular weight is 326 g/mol. The summed E-state index contributed by atoms with van der Waals surface area (Å²) in [5, 5.41) is 2.60. The molecule has 0 saturated heterocycles. The smallest absolute Gasteiger partial charge is 0.256 e. The van der Waals surface area contributed by atoms with Crippen LogP contribution in [0.5, 0.6) is 0 Å². The molecule has 0 unspecified atom stereocenters. The first-order chi connectivity index (χ1) is 8.99. The SMILES string of the molecule is Cc1c(F)cccc1NC(=O)c1ccc(F)cc1Br. The van der Waals surface area contributed by atoms with Gasteiger partial charge in [0.1, 0.15) is 11.6 Å². The maximum atomic E-state index is 13.4. The summed E-state index contributed by atoms with van der Waals surface area (Å²) in [5.74, 6) is -1.26. The van der Waals surface area contributed by atoms with Crippen LogP contribution in [0.4, 0.5) is 14.5 Å². The molecule has 0 aliphatic heterocycles. The molecule has 0 heterocycles. The lowest BCUT2D eigenvalue weighted by Crippen LogP contribution is -2.13. The van der Waals surface area contributed by atoms with Crippen LogP contribution in [0.2, 0.25) is 0 Å². The molecule has 2 aromatic rings. The van der Waals surface area contributed by atoms with Crippen molar-refractivity contribution >= 4 is 27.5 Å². The van der Waals surface area contributed by atoms with E-state index < -0.39 is 17.5 Å². The van der Waals surface area contributed by atoms with Crippen LogP contribution < -0.4 is 5.32 Å². The van der Waals surface area contributed by atoms with Crippen molar-refractivity contribution in [3.05, 3.63) is 63.6 Å². The maximum absolute atomic E-state index is 13.4. The maximum Gasteiger partial charge on any atom is 0.256 e. The number of hydrogen-bond acceptors (Lipinski definition) is 1. The highest BCUT2D eigenvalue weighted by atomic mass is 79.9. The number of carbonyl (C=O) groups is 1. The molecule has 0 spiro atoms. The standard InChI is InChI=1S/C14H10BrF2NO/c1-8-12(17)3-2-4-13(8)18-14(19)10-6-5-9(16)7-11(10)15/h2-7H,1H3,(H,18,19). The number of benzene rings is 2. The monoisotopic (exact) mass is 325 g/mol. The summed E-state index contributed by atoms with van der Waals surface area (Å²) >= 11 is 3.12. The predicted octanol–water partition coefficient (Wildman–Crippen LogP) is 4.29. The summed E-state index contributed by atoms with van der Waals surface area (Å²) in [4.78, 5) is 12.0. The molecule has 0 fully saturated rings. The van der Waals surface area contributed by atoms with E-state index in [1.807, 2.05) is 0 Å². The summed E-state index contributed by atoms with van der Waals surface area (Å²) in [6, 6.07) is 8.19. The van der Waals surface area contributed by atoms with Gasteiger partial charge >= 0.3 is 0 Å². The van der Waals surface area contributed by atoms with E-state index in [4.69, 9.17) is 0 Å². The van der Waals surface area contributed by atoms with Gasteiger partial charge in [-0.1, -0.05) is 6.07 Å². The number of amides is 1. The number of nitrogens with one attached hydrogen (secondary N) is 1. The lowest BCUT2D eigenvalue weighted by molar-refractivity contribution is 0.102. The van der Waals surface area contributed by atoms with Crippen LogP contribution in [0.15, 0.2) is 40.9 Å². The Morgan fingerprint density at radius 3 is 2.63 bits per heavy atom. The van der Waals surface area contributed by atoms with Crippen LogP contribution in [0, 0.1) is 18.6 Å². The minimum absolute atomic E-state index is 0.282. The molecule has 2 nitrogen and oxygen atoms in total. The van der Waals surface area contributed by atoms with E-state index in [1.54, 1.807) is 13.0 Å². The normalized spacial score (nSPS) is 10.3. The lowest BCUT2D eigenvalue weighted by atomic mass is 10.1. The Kier molecular flexibility index (Phi) is 3.95.